The minimum atomic E-state index is -1.46. The summed E-state index contributed by atoms with van der Waals surface area (Å²) in [5.41, 5.74) is -1.46. The van der Waals surface area contributed by atoms with Crippen molar-refractivity contribution >= 4 is 0 Å². The number of halogens is 1. The van der Waals surface area contributed by atoms with Crippen LogP contribution in [-0.4, -0.2) is 16.9 Å². The minimum Gasteiger partial charge on any atom is -0.390 e. The van der Waals surface area contributed by atoms with Crippen molar-refractivity contribution < 1.29 is 9.50 Å². The van der Waals surface area contributed by atoms with Gasteiger partial charge in [-0.25, -0.2) is 4.39 Å². The normalized spacial score (nSPS) is 16.3. The summed E-state index contributed by atoms with van der Waals surface area (Å²) in [6.45, 7) is 6.37. The maximum atomic E-state index is 12.8. The fraction of sp³-hybridized carbons (Fsp3) is 1.00. The first kappa shape index (κ1) is 8.89. The van der Waals surface area contributed by atoms with Crippen LogP contribution in [-0.2, 0) is 0 Å². The van der Waals surface area contributed by atoms with E-state index in [-0.39, 0.29) is 5.92 Å². The number of aliphatic hydroxyl groups excluding tert-OH is 1. The SMILES string of the molecule is CC(C)[C@@H](O)C(C)(C)F. The molecule has 0 aromatic rings. The van der Waals surface area contributed by atoms with Crippen molar-refractivity contribution in [3.05, 3.63) is 0 Å². The van der Waals surface area contributed by atoms with Crippen molar-refractivity contribution in [2.45, 2.75) is 39.5 Å². The lowest BCUT2D eigenvalue weighted by atomic mass is 9.94. The Morgan fingerprint density at radius 3 is 1.67 bits per heavy atom. The topological polar surface area (TPSA) is 20.2 Å². The third kappa shape index (κ3) is 2.80. The first-order valence-corrected chi connectivity index (χ1v) is 3.22. The summed E-state index contributed by atoms with van der Waals surface area (Å²) >= 11 is 0. The van der Waals surface area contributed by atoms with Crippen LogP contribution in [0.2, 0.25) is 0 Å². The largest absolute Gasteiger partial charge is 0.390 e. The van der Waals surface area contributed by atoms with E-state index in [1.165, 1.54) is 13.8 Å². The highest BCUT2D eigenvalue weighted by Crippen LogP contribution is 2.20. The fourth-order valence-corrected chi connectivity index (χ4v) is 0.793. The molecule has 1 atom stereocenters. The van der Waals surface area contributed by atoms with Gasteiger partial charge in [-0.05, 0) is 19.8 Å². The van der Waals surface area contributed by atoms with E-state index in [1.54, 1.807) is 13.8 Å². The van der Waals surface area contributed by atoms with Crippen LogP contribution in [0.5, 0.6) is 0 Å². The molecule has 2 heteroatoms. The maximum Gasteiger partial charge on any atom is 0.131 e. The van der Waals surface area contributed by atoms with Crippen molar-refractivity contribution in [2.24, 2.45) is 5.92 Å². The van der Waals surface area contributed by atoms with E-state index in [9.17, 15) is 4.39 Å². The van der Waals surface area contributed by atoms with Gasteiger partial charge in [0.25, 0.3) is 0 Å². The smallest absolute Gasteiger partial charge is 0.131 e. The molecule has 1 nitrogen and oxygen atoms in total. The Bertz CT molecular complexity index is 83.4. The highest BCUT2D eigenvalue weighted by molar-refractivity contribution is 4.78. The van der Waals surface area contributed by atoms with E-state index in [0.717, 1.165) is 0 Å². The third-order valence-electron chi connectivity index (χ3n) is 1.33. The molecular weight excluding hydrogens is 119 g/mol. The Morgan fingerprint density at radius 1 is 1.33 bits per heavy atom. The molecule has 0 aromatic heterocycles. The Morgan fingerprint density at radius 2 is 1.67 bits per heavy atom. The molecule has 0 saturated heterocycles. The third-order valence-corrected chi connectivity index (χ3v) is 1.33. The highest BCUT2D eigenvalue weighted by Gasteiger charge is 2.29. The molecule has 0 heterocycles. The summed E-state index contributed by atoms with van der Waals surface area (Å²) in [5, 5.41) is 9.09. The molecule has 0 rings (SSSR count). The van der Waals surface area contributed by atoms with Crippen LogP contribution in [0, 0.1) is 5.92 Å². The summed E-state index contributed by atoms with van der Waals surface area (Å²) in [4.78, 5) is 0. The first-order chi connectivity index (χ1) is 3.85. The highest BCUT2D eigenvalue weighted by atomic mass is 19.1. The van der Waals surface area contributed by atoms with Crippen LogP contribution in [0.25, 0.3) is 0 Å². The zero-order valence-electron chi connectivity index (χ0n) is 6.48. The number of hydrogen-bond donors (Lipinski definition) is 1. The Labute approximate surface area is 55.9 Å². The maximum absolute atomic E-state index is 12.8. The van der Waals surface area contributed by atoms with Crippen molar-refractivity contribution in [1.29, 1.82) is 0 Å². The van der Waals surface area contributed by atoms with Gasteiger partial charge in [-0.3, -0.25) is 0 Å². The molecule has 0 fully saturated rings. The minimum absolute atomic E-state index is 0.00926. The Kier molecular flexibility index (Phi) is 2.62. The second kappa shape index (κ2) is 2.65. The predicted molar refractivity (Wildman–Crippen MR) is 36.0 cm³/mol. The lowest BCUT2D eigenvalue weighted by Gasteiger charge is -2.24. The molecule has 0 aliphatic heterocycles. The number of hydrogen-bond acceptors (Lipinski definition) is 1. The molecule has 56 valence electrons. The van der Waals surface area contributed by atoms with Gasteiger partial charge >= 0.3 is 0 Å². The molecule has 0 saturated carbocycles. The first-order valence-electron chi connectivity index (χ1n) is 3.22. The number of alkyl halides is 1. The fourth-order valence-electron chi connectivity index (χ4n) is 0.793. The molecule has 0 aliphatic carbocycles. The van der Waals surface area contributed by atoms with E-state index < -0.39 is 11.8 Å². The van der Waals surface area contributed by atoms with E-state index in [0.29, 0.717) is 0 Å². The molecule has 0 bridgehead atoms. The van der Waals surface area contributed by atoms with E-state index in [1.807, 2.05) is 0 Å². The molecule has 0 amide bonds. The van der Waals surface area contributed by atoms with Gasteiger partial charge in [0.15, 0.2) is 0 Å². The zero-order chi connectivity index (χ0) is 7.65. The lowest BCUT2D eigenvalue weighted by Crippen LogP contribution is -2.35. The summed E-state index contributed by atoms with van der Waals surface area (Å²) in [6.07, 6.45) is -0.850. The quantitative estimate of drug-likeness (QED) is 0.610. The standard InChI is InChI=1S/C7H15FO/c1-5(2)6(9)7(3,4)8/h5-6,9H,1-4H3/t6-/m1/s1. The summed E-state index contributed by atoms with van der Waals surface area (Å²) in [5.74, 6) is -0.00926. The van der Waals surface area contributed by atoms with Crippen LogP contribution in [0.15, 0.2) is 0 Å². The molecule has 0 radical (unpaired) electrons. The second-order valence-corrected chi connectivity index (χ2v) is 3.25. The van der Waals surface area contributed by atoms with E-state index in [2.05, 4.69) is 0 Å². The summed E-state index contributed by atoms with van der Waals surface area (Å²) in [6, 6.07) is 0. The van der Waals surface area contributed by atoms with Crippen LogP contribution in [0.1, 0.15) is 27.7 Å². The van der Waals surface area contributed by atoms with Gasteiger partial charge in [0.1, 0.15) is 5.67 Å². The molecular formula is C7H15FO. The number of aliphatic hydroxyl groups is 1. The zero-order valence-corrected chi connectivity index (χ0v) is 6.48. The van der Waals surface area contributed by atoms with Gasteiger partial charge in [-0.2, -0.15) is 0 Å². The molecule has 1 N–H and O–H groups in total. The molecule has 0 aromatic carbocycles. The van der Waals surface area contributed by atoms with Crippen molar-refractivity contribution in [3.63, 3.8) is 0 Å². The average molecular weight is 134 g/mol. The summed E-state index contributed by atoms with van der Waals surface area (Å²) < 4.78 is 12.8. The summed E-state index contributed by atoms with van der Waals surface area (Å²) in [7, 11) is 0. The molecule has 0 spiro atoms. The average Bonchev–Trinajstić information content (AvgIpc) is 1.62. The van der Waals surface area contributed by atoms with Gasteiger partial charge in [-0.1, -0.05) is 13.8 Å². The Hall–Kier alpha value is -0.110. The second-order valence-electron chi connectivity index (χ2n) is 3.25. The lowest BCUT2D eigenvalue weighted by molar-refractivity contribution is -0.0127. The van der Waals surface area contributed by atoms with Gasteiger partial charge in [0.2, 0.25) is 0 Å². The van der Waals surface area contributed by atoms with Gasteiger partial charge in [-0.15, -0.1) is 0 Å². The van der Waals surface area contributed by atoms with Crippen LogP contribution < -0.4 is 0 Å². The number of rotatable bonds is 2. The monoisotopic (exact) mass is 134 g/mol. The van der Waals surface area contributed by atoms with Gasteiger partial charge in [0, 0.05) is 0 Å². The van der Waals surface area contributed by atoms with Crippen LogP contribution >= 0.6 is 0 Å². The van der Waals surface area contributed by atoms with Crippen molar-refractivity contribution in [3.8, 4) is 0 Å². The molecule has 9 heavy (non-hydrogen) atoms. The van der Waals surface area contributed by atoms with Gasteiger partial charge in [0.05, 0.1) is 6.10 Å². The Balaban J connectivity index is 3.88. The van der Waals surface area contributed by atoms with E-state index in [4.69, 9.17) is 5.11 Å². The van der Waals surface area contributed by atoms with Crippen LogP contribution in [0.3, 0.4) is 0 Å². The van der Waals surface area contributed by atoms with Crippen molar-refractivity contribution in [2.75, 3.05) is 0 Å². The van der Waals surface area contributed by atoms with Gasteiger partial charge < -0.3 is 5.11 Å². The molecule has 0 unspecified atom stereocenters. The molecule has 0 aliphatic rings. The predicted octanol–water partition coefficient (Wildman–Crippen LogP) is 1.75. The van der Waals surface area contributed by atoms with Crippen molar-refractivity contribution in [1.82, 2.24) is 0 Å². The van der Waals surface area contributed by atoms with Crippen LogP contribution in [0.4, 0.5) is 4.39 Å². The van der Waals surface area contributed by atoms with E-state index >= 15 is 0 Å².